The van der Waals surface area contributed by atoms with Crippen LogP contribution < -0.4 is 5.32 Å². The van der Waals surface area contributed by atoms with Gasteiger partial charge in [0.05, 0.1) is 33.9 Å². The molecule has 1 aliphatic rings. The van der Waals surface area contributed by atoms with Crippen molar-refractivity contribution < 1.29 is 47.7 Å². The zero-order valence-corrected chi connectivity index (χ0v) is 28.4. The number of hydrogen-bond acceptors (Lipinski definition) is 10. The highest BCUT2D eigenvalue weighted by atomic mass is 16.6. The van der Waals surface area contributed by atoms with E-state index in [0.717, 1.165) is 0 Å². The van der Waals surface area contributed by atoms with E-state index in [-0.39, 0.29) is 28.7 Å². The predicted octanol–water partition coefficient (Wildman–Crippen LogP) is 5.59. The Morgan fingerprint density at radius 2 is 1.10 bits per heavy atom. The molecule has 1 heterocycles. The molecule has 1 saturated heterocycles. The van der Waals surface area contributed by atoms with Gasteiger partial charge in [-0.15, -0.1) is 0 Å². The van der Waals surface area contributed by atoms with Crippen molar-refractivity contribution in [3.8, 4) is 0 Å². The van der Waals surface area contributed by atoms with Crippen LogP contribution in [0.5, 0.6) is 0 Å². The van der Waals surface area contributed by atoms with Gasteiger partial charge in [-0.3, -0.25) is 4.79 Å². The van der Waals surface area contributed by atoms with E-state index in [1.54, 1.807) is 135 Å². The molecule has 0 aromatic heterocycles. The molecule has 0 saturated carbocycles. The molecule has 2 unspecified atom stereocenters. The summed E-state index contributed by atoms with van der Waals surface area (Å²) in [5.41, 5.74) is -0.136. The van der Waals surface area contributed by atoms with Crippen molar-refractivity contribution in [2.75, 3.05) is 6.61 Å². The van der Waals surface area contributed by atoms with E-state index in [2.05, 4.69) is 5.32 Å². The number of hydrogen-bond donors (Lipinski definition) is 1. The van der Waals surface area contributed by atoms with Crippen LogP contribution in [0.2, 0.25) is 0 Å². The van der Waals surface area contributed by atoms with Crippen molar-refractivity contribution in [2.45, 2.75) is 63.3 Å². The Balaban J connectivity index is 1.57. The van der Waals surface area contributed by atoms with E-state index in [0.29, 0.717) is 0 Å². The highest BCUT2D eigenvalue weighted by molar-refractivity contribution is 5.91. The molecule has 5 atom stereocenters. The summed E-state index contributed by atoms with van der Waals surface area (Å²) >= 11 is 0. The average molecular weight is 694 g/mol. The number of benzene rings is 4. The van der Waals surface area contributed by atoms with Gasteiger partial charge in [0.1, 0.15) is 18.8 Å². The fraction of sp³-hybridized carbons (Fsp3) is 0.275. The van der Waals surface area contributed by atoms with Crippen LogP contribution in [0.15, 0.2) is 121 Å². The Labute approximate surface area is 295 Å². The summed E-state index contributed by atoms with van der Waals surface area (Å²) < 4.78 is 30.4. The smallest absolute Gasteiger partial charge is 0.338 e. The van der Waals surface area contributed by atoms with Gasteiger partial charge in [-0.25, -0.2) is 19.2 Å². The molecule has 0 radical (unpaired) electrons. The fourth-order valence-corrected chi connectivity index (χ4v) is 5.80. The number of carbonyl (C=O) groups excluding carboxylic acids is 5. The lowest BCUT2D eigenvalue weighted by Crippen LogP contribution is -2.66. The van der Waals surface area contributed by atoms with E-state index in [9.17, 15) is 24.0 Å². The standard InChI is InChI=1S/C40H39NO10/c1-26(42)41-33-31(48-37(44)28-18-10-5-11-19-28)24-40(2,3)51-35(33)34(50-39(46)30-22-14-7-15-23-30)32(49-38(45)29-20-12-6-13-21-29)25-47-36(43)27-16-8-4-9-17-27/h4-23,31-35H,24-25H2,1-3H3,(H,41,42)/t31-,32-,33?,34-,35?/m1/s1. The third kappa shape index (κ3) is 9.89. The molecule has 264 valence electrons. The molecule has 0 aliphatic carbocycles. The van der Waals surface area contributed by atoms with Gasteiger partial charge in [0.2, 0.25) is 5.91 Å². The number of carbonyl (C=O) groups is 5. The molecule has 4 aromatic rings. The normalized spacial score (nSPS) is 19.0. The zero-order chi connectivity index (χ0) is 36.4. The lowest BCUT2D eigenvalue weighted by Gasteiger charge is -2.48. The van der Waals surface area contributed by atoms with E-state index in [1.807, 2.05) is 0 Å². The largest absolute Gasteiger partial charge is 0.458 e. The SMILES string of the molecule is CC(=O)NC1C([C@H](OC(=O)c2ccccc2)[C@@H](COC(=O)c2ccccc2)OC(=O)c2ccccc2)OC(C)(C)C[C@H]1OC(=O)c1ccccc1. The lowest BCUT2D eigenvalue weighted by molar-refractivity contribution is -0.210. The number of rotatable bonds is 12. The van der Waals surface area contributed by atoms with Crippen LogP contribution in [0.25, 0.3) is 0 Å². The second kappa shape index (κ2) is 16.7. The van der Waals surface area contributed by atoms with E-state index >= 15 is 0 Å². The number of esters is 4. The van der Waals surface area contributed by atoms with Gasteiger partial charge in [-0.2, -0.15) is 0 Å². The van der Waals surface area contributed by atoms with Gasteiger partial charge in [-0.1, -0.05) is 72.8 Å². The Kier molecular flexibility index (Phi) is 12.0. The van der Waals surface area contributed by atoms with Gasteiger partial charge in [-0.05, 0) is 62.4 Å². The minimum absolute atomic E-state index is 0.143. The average Bonchev–Trinajstić information content (AvgIpc) is 3.14. The molecule has 11 heteroatoms. The number of amides is 1. The van der Waals surface area contributed by atoms with Crippen molar-refractivity contribution in [3.63, 3.8) is 0 Å². The first kappa shape index (κ1) is 36.5. The molecular weight excluding hydrogens is 654 g/mol. The number of ether oxygens (including phenoxy) is 5. The highest BCUT2D eigenvalue weighted by Gasteiger charge is 2.52. The maximum absolute atomic E-state index is 13.8. The predicted molar refractivity (Wildman–Crippen MR) is 185 cm³/mol. The quantitative estimate of drug-likeness (QED) is 0.147. The van der Waals surface area contributed by atoms with Crippen molar-refractivity contribution in [1.29, 1.82) is 0 Å². The minimum Gasteiger partial charge on any atom is -0.458 e. The third-order valence-electron chi connectivity index (χ3n) is 8.14. The molecule has 0 spiro atoms. The highest BCUT2D eigenvalue weighted by Crippen LogP contribution is 2.35. The summed E-state index contributed by atoms with van der Waals surface area (Å²) in [5.74, 6) is -3.45. The monoisotopic (exact) mass is 693 g/mol. The van der Waals surface area contributed by atoms with Crippen LogP contribution in [0.4, 0.5) is 0 Å². The first-order valence-electron chi connectivity index (χ1n) is 16.5. The molecular formula is C40H39NO10. The van der Waals surface area contributed by atoms with Crippen LogP contribution in [-0.4, -0.2) is 72.5 Å². The first-order valence-corrected chi connectivity index (χ1v) is 16.5. The van der Waals surface area contributed by atoms with Gasteiger partial charge in [0, 0.05) is 13.3 Å². The van der Waals surface area contributed by atoms with Crippen molar-refractivity contribution in [2.24, 2.45) is 0 Å². The minimum atomic E-state index is -1.51. The van der Waals surface area contributed by atoms with Gasteiger partial charge in [0.15, 0.2) is 12.2 Å². The molecule has 51 heavy (non-hydrogen) atoms. The molecule has 0 bridgehead atoms. The maximum Gasteiger partial charge on any atom is 0.338 e. The molecule has 1 aliphatic heterocycles. The van der Waals surface area contributed by atoms with Crippen LogP contribution in [0, 0.1) is 0 Å². The van der Waals surface area contributed by atoms with Gasteiger partial charge < -0.3 is 29.0 Å². The summed E-state index contributed by atoms with van der Waals surface area (Å²) in [7, 11) is 0. The number of nitrogens with one attached hydrogen (secondary N) is 1. The van der Waals surface area contributed by atoms with Crippen LogP contribution >= 0.6 is 0 Å². The summed E-state index contributed by atoms with van der Waals surface area (Å²) in [4.78, 5) is 66.6. The third-order valence-corrected chi connectivity index (χ3v) is 8.14. The lowest BCUT2D eigenvalue weighted by atomic mass is 9.85. The Morgan fingerprint density at radius 3 is 1.57 bits per heavy atom. The molecule has 5 rings (SSSR count). The van der Waals surface area contributed by atoms with E-state index in [4.69, 9.17) is 23.7 Å². The summed E-state index contributed by atoms with van der Waals surface area (Å²) in [6.07, 6.45) is -5.13. The van der Waals surface area contributed by atoms with E-state index < -0.39 is 72.5 Å². The fourth-order valence-electron chi connectivity index (χ4n) is 5.80. The molecule has 1 N–H and O–H groups in total. The van der Waals surface area contributed by atoms with Crippen molar-refractivity contribution in [1.82, 2.24) is 5.32 Å². The van der Waals surface area contributed by atoms with Crippen LogP contribution in [0.1, 0.15) is 68.6 Å². The maximum atomic E-state index is 13.8. The molecule has 1 amide bonds. The summed E-state index contributed by atoms with van der Waals surface area (Å²) in [6, 6.07) is 31.7. The van der Waals surface area contributed by atoms with Gasteiger partial charge in [0.25, 0.3) is 0 Å². The topological polar surface area (TPSA) is 144 Å². The zero-order valence-electron chi connectivity index (χ0n) is 28.4. The first-order chi connectivity index (χ1) is 24.5. The van der Waals surface area contributed by atoms with Crippen LogP contribution in [0.3, 0.4) is 0 Å². The summed E-state index contributed by atoms with van der Waals surface area (Å²) in [5, 5.41) is 2.82. The van der Waals surface area contributed by atoms with Crippen molar-refractivity contribution >= 4 is 29.8 Å². The molecule has 11 nitrogen and oxygen atoms in total. The Bertz CT molecular complexity index is 1800. The van der Waals surface area contributed by atoms with Crippen molar-refractivity contribution in [3.05, 3.63) is 144 Å². The summed E-state index contributed by atoms with van der Waals surface area (Å²) in [6.45, 7) is 4.22. The molecule has 1 fully saturated rings. The van der Waals surface area contributed by atoms with Gasteiger partial charge >= 0.3 is 23.9 Å². The van der Waals surface area contributed by atoms with E-state index in [1.165, 1.54) is 6.92 Å². The molecule has 4 aromatic carbocycles. The van der Waals surface area contributed by atoms with Crippen LogP contribution in [-0.2, 0) is 28.5 Å². The Hall–Kier alpha value is -5.81. The second-order valence-electron chi connectivity index (χ2n) is 12.6. The Morgan fingerprint density at radius 1 is 0.667 bits per heavy atom. The second-order valence-corrected chi connectivity index (χ2v) is 12.6.